The van der Waals surface area contributed by atoms with E-state index in [1.54, 1.807) is 12.1 Å². The number of rotatable bonds is 7. The normalized spacial score (nSPS) is 11.7. The van der Waals surface area contributed by atoms with E-state index in [-0.39, 0.29) is 19.2 Å². The summed E-state index contributed by atoms with van der Waals surface area (Å²) < 4.78 is 11.7. The Balaban J connectivity index is 2.25. The van der Waals surface area contributed by atoms with Crippen LogP contribution in [0.25, 0.3) is 0 Å². The van der Waals surface area contributed by atoms with Crippen LogP contribution in [0, 0.1) is 0 Å². The second-order valence-electron chi connectivity index (χ2n) is 4.80. The third kappa shape index (κ3) is 4.09. The summed E-state index contributed by atoms with van der Waals surface area (Å²) in [6.07, 6.45) is 7.83. The van der Waals surface area contributed by atoms with Crippen molar-refractivity contribution in [3.63, 3.8) is 0 Å². The maximum atomic E-state index is 12.7. The summed E-state index contributed by atoms with van der Waals surface area (Å²) in [5.74, 6) is 0.0980. The molecule has 0 fully saturated rings. The standard InChI is InChI=1S/C16H19N3O4/c1-3-9-23-15(20)14(4-2)19(11-13-6-5-10-22-13)16(21)18-8-7-17-12-18/h3,5-8,10,12,14H,1,4,9,11H2,2H3/t14-/m1/s1. The van der Waals surface area contributed by atoms with Gasteiger partial charge in [0.05, 0.1) is 12.8 Å². The molecule has 0 bridgehead atoms. The SMILES string of the molecule is C=CCOC(=O)[C@@H](CC)N(Cc1ccco1)C(=O)n1ccnc1. The zero-order valence-electron chi connectivity index (χ0n) is 12.9. The van der Waals surface area contributed by atoms with Crippen LogP contribution in [-0.2, 0) is 16.1 Å². The Labute approximate surface area is 134 Å². The molecule has 2 aromatic rings. The number of amides is 1. The van der Waals surface area contributed by atoms with E-state index in [1.807, 2.05) is 6.92 Å². The number of carbonyl (C=O) groups excluding carboxylic acids is 2. The lowest BCUT2D eigenvalue weighted by Gasteiger charge is -2.28. The molecule has 1 atom stereocenters. The van der Waals surface area contributed by atoms with Crippen molar-refractivity contribution < 1.29 is 18.7 Å². The minimum atomic E-state index is -0.727. The highest BCUT2D eigenvalue weighted by Gasteiger charge is 2.31. The largest absolute Gasteiger partial charge is 0.467 e. The van der Waals surface area contributed by atoms with Crippen LogP contribution in [0.4, 0.5) is 4.79 Å². The molecule has 2 aromatic heterocycles. The van der Waals surface area contributed by atoms with E-state index in [0.717, 1.165) is 0 Å². The van der Waals surface area contributed by atoms with Crippen molar-refractivity contribution in [2.45, 2.75) is 25.9 Å². The molecule has 0 aliphatic carbocycles. The lowest BCUT2D eigenvalue weighted by atomic mass is 10.2. The molecule has 0 saturated heterocycles. The molecule has 0 saturated carbocycles. The van der Waals surface area contributed by atoms with Gasteiger partial charge in [0.2, 0.25) is 0 Å². The molecule has 0 unspecified atom stereocenters. The van der Waals surface area contributed by atoms with Gasteiger partial charge in [0.25, 0.3) is 0 Å². The molecule has 2 heterocycles. The quantitative estimate of drug-likeness (QED) is 0.579. The summed E-state index contributed by atoms with van der Waals surface area (Å²) in [4.78, 5) is 30.2. The van der Waals surface area contributed by atoms with Crippen molar-refractivity contribution in [1.82, 2.24) is 14.5 Å². The second-order valence-corrected chi connectivity index (χ2v) is 4.80. The molecular formula is C16H19N3O4. The molecule has 0 spiro atoms. The number of furan rings is 1. The molecule has 0 aromatic carbocycles. The predicted molar refractivity (Wildman–Crippen MR) is 82.5 cm³/mol. The number of hydrogen-bond acceptors (Lipinski definition) is 5. The summed E-state index contributed by atoms with van der Waals surface area (Å²) >= 11 is 0. The fourth-order valence-corrected chi connectivity index (χ4v) is 2.15. The zero-order chi connectivity index (χ0) is 16.7. The van der Waals surface area contributed by atoms with Crippen LogP contribution >= 0.6 is 0 Å². The number of ether oxygens (including phenoxy) is 1. The first kappa shape index (κ1) is 16.5. The van der Waals surface area contributed by atoms with Crippen molar-refractivity contribution in [1.29, 1.82) is 0 Å². The lowest BCUT2D eigenvalue weighted by molar-refractivity contribution is -0.148. The van der Waals surface area contributed by atoms with Gasteiger partial charge in [0, 0.05) is 12.4 Å². The predicted octanol–water partition coefficient (Wildman–Crippen LogP) is 2.45. The fraction of sp³-hybridized carbons (Fsp3) is 0.312. The van der Waals surface area contributed by atoms with Gasteiger partial charge in [-0.1, -0.05) is 19.6 Å². The molecule has 23 heavy (non-hydrogen) atoms. The molecule has 7 heteroatoms. The maximum absolute atomic E-state index is 12.7. The number of carbonyl (C=O) groups is 2. The third-order valence-corrected chi connectivity index (χ3v) is 3.26. The van der Waals surface area contributed by atoms with Crippen molar-refractivity contribution in [3.05, 3.63) is 55.5 Å². The van der Waals surface area contributed by atoms with Gasteiger partial charge in [-0.25, -0.2) is 14.6 Å². The van der Waals surface area contributed by atoms with Crippen LogP contribution in [-0.4, -0.2) is 39.1 Å². The van der Waals surface area contributed by atoms with Gasteiger partial charge < -0.3 is 14.1 Å². The van der Waals surface area contributed by atoms with Crippen molar-refractivity contribution in [2.24, 2.45) is 0 Å². The van der Waals surface area contributed by atoms with Gasteiger partial charge in [0.15, 0.2) is 0 Å². The van der Waals surface area contributed by atoms with Gasteiger partial charge in [0.1, 0.15) is 24.7 Å². The fourth-order valence-electron chi connectivity index (χ4n) is 2.15. The Kier molecular flexibility index (Phi) is 5.74. The Hall–Kier alpha value is -2.83. The van der Waals surface area contributed by atoms with E-state index < -0.39 is 12.0 Å². The topological polar surface area (TPSA) is 77.6 Å². The number of esters is 1. The summed E-state index contributed by atoms with van der Waals surface area (Å²) in [5, 5.41) is 0. The second kappa shape index (κ2) is 7.98. The summed E-state index contributed by atoms with van der Waals surface area (Å²) in [6, 6.07) is 2.37. The molecule has 2 rings (SSSR count). The molecular weight excluding hydrogens is 298 g/mol. The van der Waals surface area contributed by atoms with E-state index in [4.69, 9.17) is 9.15 Å². The minimum Gasteiger partial charge on any atom is -0.467 e. The van der Waals surface area contributed by atoms with E-state index >= 15 is 0 Å². The smallest absolute Gasteiger partial charge is 0.330 e. The van der Waals surface area contributed by atoms with Crippen molar-refractivity contribution in [3.8, 4) is 0 Å². The van der Waals surface area contributed by atoms with Crippen LogP contribution in [0.5, 0.6) is 0 Å². The third-order valence-electron chi connectivity index (χ3n) is 3.26. The monoisotopic (exact) mass is 317 g/mol. The summed E-state index contributed by atoms with van der Waals surface area (Å²) in [7, 11) is 0. The maximum Gasteiger partial charge on any atom is 0.330 e. The van der Waals surface area contributed by atoms with Crippen LogP contribution in [0.2, 0.25) is 0 Å². The summed E-state index contributed by atoms with van der Waals surface area (Å²) in [5.41, 5.74) is 0. The van der Waals surface area contributed by atoms with Crippen LogP contribution in [0.3, 0.4) is 0 Å². The first-order valence-corrected chi connectivity index (χ1v) is 7.26. The average Bonchev–Trinajstić information content (AvgIpc) is 3.25. The molecule has 0 aliphatic heterocycles. The Morgan fingerprint density at radius 3 is 2.96 bits per heavy atom. The van der Waals surface area contributed by atoms with Gasteiger partial charge >= 0.3 is 12.0 Å². The van der Waals surface area contributed by atoms with Gasteiger partial charge in [-0.3, -0.25) is 4.57 Å². The molecule has 0 aliphatic rings. The molecule has 7 nitrogen and oxygen atoms in total. The average molecular weight is 317 g/mol. The first-order chi connectivity index (χ1) is 11.2. The van der Waals surface area contributed by atoms with Gasteiger partial charge in [-0.15, -0.1) is 0 Å². The van der Waals surface area contributed by atoms with Gasteiger partial charge in [-0.05, 0) is 18.6 Å². The molecule has 1 amide bonds. The van der Waals surface area contributed by atoms with Gasteiger partial charge in [-0.2, -0.15) is 0 Å². The highest BCUT2D eigenvalue weighted by Crippen LogP contribution is 2.15. The number of hydrogen-bond donors (Lipinski definition) is 0. The molecule has 0 radical (unpaired) electrons. The van der Waals surface area contributed by atoms with E-state index in [9.17, 15) is 9.59 Å². The Morgan fingerprint density at radius 2 is 2.39 bits per heavy atom. The molecule has 0 N–H and O–H groups in total. The highest BCUT2D eigenvalue weighted by molar-refractivity contribution is 5.84. The van der Waals surface area contributed by atoms with Crippen molar-refractivity contribution >= 4 is 12.0 Å². The zero-order valence-corrected chi connectivity index (χ0v) is 12.9. The van der Waals surface area contributed by atoms with Crippen LogP contribution in [0.1, 0.15) is 19.1 Å². The highest BCUT2D eigenvalue weighted by atomic mass is 16.5. The summed E-state index contributed by atoms with van der Waals surface area (Å²) in [6.45, 7) is 5.59. The van der Waals surface area contributed by atoms with E-state index in [2.05, 4.69) is 11.6 Å². The van der Waals surface area contributed by atoms with Crippen LogP contribution < -0.4 is 0 Å². The van der Waals surface area contributed by atoms with Crippen LogP contribution in [0.15, 0.2) is 54.2 Å². The minimum absolute atomic E-state index is 0.100. The Bertz CT molecular complexity index is 634. The first-order valence-electron chi connectivity index (χ1n) is 7.26. The molecule has 122 valence electrons. The number of aromatic nitrogens is 2. The number of nitrogens with zero attached hydrogens (tertiary/aromatic N) is 3. The Morgan fingerprint density at radius 1 is 1.57 bits per heavy atom. The van der Waals surface area contributed by atoms with E-state index in [1.165, 1.54) is 40.5 Å². The lowest BCUT2D eigenvalue weighted by Crippen LogP contribution is -2.46. The van der Waals surface area contributed by atoms with Crippen molar-refractivity contribution in [2.75, 3.05) is 6.61 Å². The number of imidazole rings is 1. The van der Waals surface area contributed by atoms with E-state index in [0.29, 0.717) is 12.2 Å².